The second-order valence-corrected chi connectivity index (χ2v) is 4.47. The topological polar surface area (TPSA) is 116 Å². The minimum atomic E-state index is -0.542. The van der Waals surface area contributed by atoms with E-state index in [-0.39, 0.29) is 23.1 Å². The van der Waals surface area contributed by atoms with Gasteiger partial charge in [-0.1, -0.05) is 0 Å². The summed E-state index contributed by atoms with van der Waals surface area (Å²) >= 11 is 0. The van der Waals surface area contributed by atoms with Gasteiger partial charge in [-0.25, -0.2) is 4.98 Å². The SMILES string of the molecule is CC1(CNc2nc(N)ncc2[N+](=O)[O-])CCCO1. The fraction of sp³-hybridized carbons (Fsp3) is 0.600. The molecule has 0 spiro atoms. The number of nitrogen functional groups attached to an aromatic ring is 1. The monoisotopic (exact) mass is 253 g/mol. The van der Waals surface area contributed by atoms with E-state index in [2.05, 4.69) is 15.3 Å². The number of hydrogen-bond acceptors (Lipinski definition) is 7. The van der Waals surface area contributed by atoms with E-state index in [1.54, 1.807) is 0 Å². The Labute approximate surface area is 104 Å². The van der Waals surface area contributed by atoms with Gasteiger partial charge in [0.2, 0.25) is 11.8 Å². The number of hydrogen-bond donors (Lipinski definition) is 2. The van der Waals surface area contributed by atoms with Crippen LogP contribution in [0.1, 0.15) is 19.8 Å². The number of nitrogens with zero attached hydrogens (tertiary/aromatic N) is 3. The van der Waals surface area contributed by atoms with Crippen molar-refractivity contribution in [2.75, 3.05) is 24.2 Å². The number of nitrogens with two attached hydrogens (primary N) is 1. The summed E-state index contributed by atoms with van der Waals surface area (Å²) in [4.78, 5) is 17.7. The lowest BCUT2D eigenvalue weighted by molar-refractivity contribution is -0.384. The van der Waals surface area contributed by atoms with Crippen LogP contribution in [0, 0.1) is 10.1 Å². The first-order chi connectivity index (χ1) is 8.50. The first-order valence-corrected chi connectivity index (χ1v) is 5.65. The molecule has 3 N–H and O–H groups in total. The van der Waals surface area contributed by atoms with Gasteiger partial charge in [-0.15, -0.1) is 0 Å². The van der Waals surface area contributed by atoms with Gasteiger partial charge in [-0.3, -0.25) is 10.1 Å². The average Bonchev–Trinajstić information content (AvgIpc) is 2.74. The Morgan fingerprint density at radius 2 is 2.50 bits per heavy atom. The molecule has 1 fully saturated rings. The summed E-state index contributed by atoms with van der Waals surface area (Å²) in [5.41, 5.74) is 4.93. The molecule has 1 saturated heterocycles. The molecule has 0 radical (unpaired) electrons. The second-order valence-electron chi connectivity index (χ2n) is 4.47. The van der Waals surface area contributed by atoms with Gasteiger partial charge < -0.3 is 15.8 Å². The van der Waals surface area contributed by atoms with E-state index in [1.807, 2.05) is 6.92 Å². The average molecular weight is 253 g/mol. The highest BCUT2D eigenvalue weighted by Crippen LogP contribution is 2.27. The maximum absolute atomic E-state index is 10.8. The Balaban J connectivity index is 2.12. The molecule has 1 unspecified atom stereocenters. The van der Waals surface area contributed by atoms with Gasteiger partial charge in [0.15, 0.2) is 0 Å². The zero-order chi connectivity index (χ0) is 13.2. The highest BCUT2D eigenvalue weighted by atomic mass is 16.6. The van der Waals surface area contributed by atoms with Gasteiger partial charge in [0, 0.05) is 13.2 Å². The minimum Gasteiger partial charge on any atom is -0.373 e. The van der Waals surface area contributed by atoms with Crippen LogP contribution in [0.15, 0.2) is 6.20 Å². The molecule has 1 atom stereocenters. The van der Waals surface area contributed by atoms with Crippen molar-refractivity contribution in [1.82, 2.24) is 9.97 Å². The number of ether oxygens (including phenoxy) is 1. The van der Waals surface area contributed by atoms with E-state index in [1.165, 1.54) is 0 Å². The normalized spacial score (nSPS) is 22.9. The lowest BCUT2D eigenvalue weighted by atomic mass is 10.0. The number of nitrogens with one attached hydrogen (secondary N) is 1. The molecule has 2 rings (SSSR count). The summed E-state index contributed by atoms with van der Waals surface area (Å²) in [6.45, 7) is 3.12. The fourth-order valence-electron chi connectivity index (χ4n) is 1.90. The highest BCUT2D eigenvalue weighted by molar-refractivity contribution is 5.56. The Bertz CT molecular complexity index is 459. The smallest absolute Gasteiger partial charge is 0.329 e. The number of aromatic nitrogens is 2. The van der Waals surface area contributed by atoms with Crippen molar-refractivity contribution in [3.05, 3.63) is 16.3 Å². The number of rotatable bonds is 4. The zero-order valence-electron chi connectivity index (χ0n) is 10.0. The van der Waals surface area contributed by atoms with Crippen LogP contribution < -0.4 is 11.1 Å². The van der Waals surface area contributed by atoms with Crippen LogP contribution in [0.5, 0.6) is 0 Å². The molecule has 18 heavy (non-hydrogen) atoms. The van der Waals surface area contributed by atoms with E-state index in [4.69, 9.17) is 10.5 Å². The minimum absolute atomic E-state index is 0.000549. The lowest BCUT2D eigenvalue weighted by Crippen LogP contribution is -2.33. The molecule has 0 aliphatic carbocycles. The van der Waals surface area contributed by atoms with Crippen LogP contribution in [-0.2, 0) is 4.74 Å². The largest absolute Gasteiger partial charge is 0.373 e. The van der Waals surface area contributed by atoms with Crippen LogP contribution in [0.2, 0.25) is 0 Å². The fourth-order valence-corrected chi connectivity index (χ4v) is 1.90. The zero-order valence-corrected chi connectivity index (χ0v) is 10.0. The van der Waals surface area contributed by atoms with Crippen LogP contribution in [0.3, 0.4) is 0 Å². The summed E-state index contributed by atoms with van der Waals surface area (Å²) < 4.78 is 5.59. The van der Waals surface area contributed by atoms with Crippen molar-refractivity contribution in [2.24, 2.45) is 0 Å². The molecule has 1 aromatic rings. The quantitative estimate of drug-likeness (QED) is 0.606. The first kappa shape index (κ1) is 12.5. The van der Waals surface area contributed by atoms with E-state index in [9.17, 15) is 10.1 Å². The van der Waals surface area contributed by atoms with Crippen molar-refractivity contribution in [2.45, 2.75) is 25.4 Å². The summed E-state index contributed by atoms with van der Waals surface area (Å²) in [7, 11) is 0. The van der Waals surface area contributed by atoms with Crippen molar-refractivity contribution in [3.8, 4) is 0 Å². The van der Waals surface area contributed by atoms with Gasteiger partial charge >= 0.3 is 5.69 Å². The molecular weight excluding hydrogens is 238 g/mol. The second kappa shape index (κ2) is 4.73. The van der Waals surface area contributed by atoms with E-state index in [0.717, 1.165) is 19.0 Å². The molecule has 8 nitrogen and oxygen atoms in total. The molecule has 8 heteroatoms. The maximum atomic E-state index is 10.8. The molecule has 2 heterocycles. The van der Waals surface area contributed by atoms with Crippen molar-refractivity contribution < 1.29 is 9.66 Å². The molecular formula is C10H15N5O3. The molecule has 0 aromatic carbocycles. The first-order valence-electron chi connectivity index (χ1n) is 5.65. The molecule has 1 aliphatic heterocycles. The van der Waals surface area contributed by atoms with Crippen LogP contribution in [0.25, 0.3) is 0 Å². The summed E-state index contributed by atoms with van der Waals surface area (Å²) in [6.07, 6.45) is 3.00. The number of nitro groups is 1. The third kappa shape index (κ3) is 2.65. The van der Waals surface area contributed by atoms with Crippen LogP contribution >= 0.6 is 0 Å². The molecule has 1 aliphatic rings. The van der Waals surface area contributed by atoms with Gasteiger partial charge in [0.1, 0.15) is 6.20 Å². The summed E-state index contributed by atoms with van der Waals surface area (Å²) in [5, 5.41) is 13.7. The van der Waals surface area contributed by atoms with Gasteiger partial charge in [0.25, 0.3) is 0 Å². The number of anilines is 2. The lowest BCUT2D eigenvalue weighted by Gasteiger charge is -2.23. The molecule has 98 valence electrons. The molecule has 0 amide bonds. The van der Waals surface area contributed by atoms with E-state index < -0.39 is 4.92 Å². The van der Waals surface area contributed by atoms with E-state index >= 15 is 0 Å². The Kier molecular flexibility index (Phi) is 3.28. The van der Waals surface area contributed by atoms with E-state index in [0.29, 0.717) is 13.2 Å². The van der Waals surface area contributed by atoms with Crippen LogP contribution in [0.4, 0.5) is 17.5 Å². The predicted octanol–water partition coefficient (Wildman–Crippen LogP) is 0.948. The maximum Gasteiger partial charge on any atom is 0.329 e. The van der Waals surface area contributed by atoms with Crippen molar-refractivity contribution in [3.63, 3.8) is 0 Å². The Hall–Kier alpha value is -1.96. The standard InChI is InChI=1S/C10H15N5O3/c1-10(3-2-4-18-10)6-13-8-7(15(16)17)5-12-9(11)14-8/h5H,2-4,6H2,1H3,(H3,11,12,13,14). The third-order valence-corrected chi connectivity index (χ3v) is 2.92. The Morgan fingerprint density at radius 1 is 1.72 bits per heavy atom. The van der Waals surface area contributed by atoms with Crippen molar-refractivity contribution >= 4 is 17.5 Å². The summed E-state index contributed by atoms with van der Waals surface area (Å²) in [5.74, 6) is 0.129. The molecule has 0 saturated carbocycles. The van der Waals surface area contributed by atoms with Crippen LogP contribution in [-0.4, -0.2) is 33.6 Å². The molecule has 1 aromatic heterocycles. The van der Waals surface area contributed by atoms with Gasteiger partial charge in [-0.05, 0) is 19.8 Å². The summed E-state index contributed by atoms with van der Waals surface area (Å²) in [6, 6.07) is 0. The molecule has 0 bridgehead atoms. The van der Waals surface area contributed by atoms with Crippen molar-refractivity contribution in [1.29, 1.82) is 0 Å². The predicted molar refractivity (Wildman–Crippen MR) is 65.2 cm³/mol. The highest BCUT2D eigenvalue weighted by Gasteiger charge is 2.30. The Morgan fingerprint density at radius 3 is 3.11 bits per heavy atom. The van der Waals surface area contributed by atoms with Gasteiger partial charge in [0.05, 0.1) is 10.5 Å². The third-order valence-electron chi connectivity index (χ3n) is 2.92. The van der Waals surface area contributed by atoms with Gasteiger partial charge in [-0.2, -0.15) is 4.98 Å².